The third-order valence-electron chi connectivity index (χ3n) is 2.92. The largest absolute Gasteiger partial charge is 0.377 e. The first-order valence-corrected chi connectivity index (χ1v) is 6.82. The van der Waals surface area contributed by atoms with Gasteiger partial charge in [0.25, 0.3) is 5.19 Å². The van der Waals surface area contributed by atoms with Crippen molar-refractivity contribution in [1.29, 1.82) is 0 Å². The Morgan fingerprint density at radius 3 is 2.62 bits per heavy atom. The van der Waals surface area contributed by atoms with Crippen LogP contribution in [0.5, 0.6) is 5.19 Å². The van der Waals surface area contributed by atoms with Crippen molar-refractivity contribution in [3.05, 3.63) is 11.1 Å². The van der Waals surface area contributed by atoms with E-state index in [1.165, 1.54) is 25.7 Å². The number of rotatable bonds is 3. The second kappa shape index (κ2) is 4.72. The molecule has 1 aromatic rings. The second-order valence-corrected chi connectivity index (χ2v) is 6.27. The highest BCUT2D eigenvalue weighted by atomic mass is 32.1. The molecule has 1 aromatic heterocycles. The molecule has 0 radical (unpaired) electrons. The van der Waals surface area contributed by atoms with Crippen molar-refractivity contribution in [2.75, 3.05) is 0 Å². The minimum absolute atomic E-state index is 0.103. The van der Waals surface area contributed by atoms with Crippen molar-refractivity contribution >= 4 is 11.3 Å². The summed E-state index contributed by atoms with van der Waals surface area (Å²) in [5.74, 6) is 0. The van der Waals surface area contributed by atoms with Crippen LogP contribution in [0.2, 0.25) is 0 Å². The third kappa shape index (κ3) is 2.95. The first-order valence-electron chi connectivity index (χ1n) is 5.94. The molecule has 1 N–H and O–H groups in total. The average Bonchev–Trinajstić information content (AvgIpc) is 2.85. The van der Waals surface area contributed by atoms with Gasteiger partial charge in [0.1, 0.15) is 0 Å². The van der Waals surface area contributed by atoms with Crippen LogP contribution in [0, 0.1) is 0 Å². The van der Waals surface area contributed by atoms with Crippen molar-refractivity contribution < 1.29 is 4.84 Å². The second-order valence-electron chi connectivity index (χ2n) is 5.45. The lowest BCUT2D eigenvalue weighted by atomic mass is 9.93. The first-order chi connectivity index (χ1) is 7.55. The van der Waals surface area contributed by atoms with E-state index in [-0.39, 0.29) is 5.41 Å². The maximum absolute atomic E-state index is 5.52. The van der Waals surface area contributed by atoms with Crippen LogP contribution in [-0.2, 0) is 5.41 Å². The van der Waals surface area contributed by atoms with Gasteiger partial charge in [0.05, 0.1) is 5.69 Å². The molecule has 1 aliphatic rings. The maximum atomic E-state index is 5.52. The first kappa shape index (κ1) is 11.9. The van der Waals surface area contributed by atoms with Gasteiger partial charge in [-0.3, -0.25) is 0 Å². The van der Waals surface area contributed by atoms with E-state index < -0.39 is 0 Å². The quantitative estimate of drug-likeness (QED) is 0.823. The zero-order valence-corrected chi connectivity index (χ0v) is 11.1. The molecule has 0 amide bonds. The Labute approximate surface area is 101 Å². The molecule has 2 rings (SSSR count). The van der Waals surface area contributed by atoms with E-state index in [1.54, 1.807) is 11.3 Å². The normalized spacial score (nSPS) is 17.9. The summed E-state index contributed by atoms with van der Waals surface area (Å²) in [7, 11) is 0. The van der Waals surface area contributed by atoms with Crippen LogP contribution in [0.1, 0.15) is 52.1 Å². The van der Waals surface area contributed by atoms with Crippen molar-refractivity contribution in [1.82, 2.24) is 10.5 Å². The van der Waals surface area contributed by atoms with E-state index in [1.807, 2.05) is 0 Å². The lowest BCUT2D eigenvalue weighted by molar-refractivity contribution is 0.155. The van der Waals surface area contributed by atoms with Crippen molar-refractivity contribution in [2.45, 2.75) is 57.9 Å². The van der Waals surface area contributed by atoms with Gasteiger partial charge >= 0.3 is 0 Å². The van der Waals surface area contributed by atoms with Crippen LogP contribution in [0.3, 0.4) is 0 Å². The zero-order valence-electron chi connectivity index (χ0n) is 10.2. The third-order valence-corrected chi connectivity index (χ3v) is 3.64. The van der Waals surface area contributed by atoms with Crippen molar-refractivity contribution in [3.8, 4) is 5.19 Å². The van der Waals surface area contributed by atoms with Gasteiger partial charge in [-0.15, -0.1) is 0 Å². The zero-order chi connectivity index (χ0) is 11.6. The monoisotopic (exact) mass is 240 g/mol. The fourth-order valence-electron chi connectivity index (χ4n) is 1.83. The molecule has 0 atom stereocenters. The molecule has 0 aromatic carbocycles. The van der Waals surface area contributed by atoms with Crippen LogP contribution >= 0.6 is 11.3 Å². The maximum Gasteiger partial charge on any atom is 0.294 e. The number of hydrogen-bond donors (Lipinski definition) is 1. The summed E-state index contributed by atoms with van der Waals surface area (Å²) >= 11 is 1.56. The Morgan fingerprint density at radius 1 is 1.38 bits per heavy atom. The minimum atomic E-state index is 0.103. The molecule has 0 unspecified atom stereocenters. The van der Waals surface area contributed by atoms with E-state index in [4.69, 9.17) is 4.84 Å². The highest BCUT2D eigenvalue weighted by Gasteiger charge is 2.19. The molecule has 0 aliphatic heterocycles. The van der Waals surface area contributed by atoms with Gasteiger partial charge in [0.15, 0.2) is 0 Å². The molecular weight excluding hydrogens is 220 g/mol. The summed E-state index contributed by atoms with van der Waals surface area (Å²) in [5.41, 5.74) is 4.31. The molecule has 16 heavy (non-hydrogen) atoms. The van der Waals surface area contributed by atoms with E-state index in [2.05, 4.69) is 36.6 Å². The number of nitrogens with zero attached hydrogens (tertiary/aromatic N) is 1. The molecule has 1 aliphatic carbocycles. The highest BCUT2D eigenvalue weighted by molar-refractivity contribution is 7.11. The average molecular weight is 240 g/mol. The molecule has 0 saturated heterocycles. The molecule has 0 spiro atoms. The van der Waals surface area contributed by atoms with Gasteiger partial charge in [-0.2, -0.15) is 5.48 Å². The van der Waals surface area contributed by atoms with E-state index in [9.17, 15) is 0 Å². The van der Waals surface area contributed by atoms with Crippen LogP contribution in [0.4, 0.5) is 0 Å². The van der Waals surface area contributed by atoms with Crippen LogP contribution < -0.4 is 10.3 Å². The van der Waals surface area contributed by atoms with Gasteiger partial charge in [-0.05, 0) is 12.8 Å². The number of nitrogens with one attached hydrogen (secondary N) is 1. The van der Waals surface area contributed by atoms with Crippen LogP contribution in [0.15, 0.2) is 5.38 Å². The van der Waals surface area contributed by atoms with Gasteiger partial charge in [-0.1, -0.05) is 44.9 Å². The lowest BCUT2D eigenvalue weighted by Crippen LogP contribution is -2.29. The fourth-order valence-corrected chi connectivity index (χ4v) is 2.69. The van der Waals surface area contributed by atoms with Gasteiger partial charge in [-0.25, -0.2) is 4.98 Å². The molecule has 3 nitrogen and oxygen atoms in total. The Kier molecular flexibility index (Phi) is 3.50. The lowest BCUT2D eigenvalue weighted by Gasteiger charge is -2.14. The van der Waals surface area contributed by atoms with E-state index in [0.29, 0.717) is 6.04 Å². The topological polar surface area (TPSA) is 34.1 Å². The molecule has 1 heterocycles. The van der Waals surface area contributed by atoms with E-state index >= 15 is 0 Å². The molecule has 90 valence electrons. The molecule has 1 saturated carbocycles. The van der Waals surface area contributed by atoms with Gasteiger partial charge in [0, 0.05) is 16.8 Å². The SMILES string of the molecule is CC(C)(C)c1csc(ONC2CCCC2)n1. The molecule has 1 fully saturated rings. The predicted octanol–water partition coefficient (Wildman–Crippen LogP) is 3.27. The summed E-state index contributed by atoms with van der Waals surface area (Å²) in [6.07, 6.45) is 5.06. The summed E-state index contributed by atoms with van der Waals surface area (Å²) in [6, 6.07) is 0.516. The molecule has 4 heteroatoms. The molecule has 0 bridgehead atoms. The van der Waals surface area contributed by atoms with E-state index in [0.717, 1.165) is 10.9 Å². The smallest absolute Gasteiger partial charge is 0.294 e. The van der Waals surface area contributed by atoms with Crippen LogP contribution in [0.25, 0.3) is 0 Å². The Bertz CT molecular complexity index is 337. The van der Waals surface area contributed by atoms with Crippen LogP contribution in [-0.4, -0.2) is 11.0 Å². The highest BCUT2D eigenvalue weighted by Crippen LogP contribution is 2.27. The van der Waals surface area contributed by atoms with Crippen molar-refractivity contribution in [3.63, 3.8) is 0 Å². The van der Waals surface area contributed by atoms with Gasteiger partial charge in [0.2, 0.25) is 0 Å². The Balaban J connectivity index is 1.87. The predicted molar refractivity (Wildman–Crippen MR) is 66.8 cm³/mol. The number of thiazole rings is 1. The summed E-state index contributed by atoms with van der Waals surface area (Å²) < 4.78 is 0. The number of aromatic nitrogens is 1. The molecular formula is C12H20N2OS. The van der Waals surface area contributed by atoms with Crippen molar-refractivity contribution in [2.24, 2.45) is 0 Å². The summed E-state index contributed by atoms with van der Waals surface area (Å²) in [4.78, 5) is 10.00. The fraction of sp³-hybridized carbons (Fsp3) is 0.750. The summed E-state index contributed by atoms with van der Waals surface area (Å²) in [5, 5.41) is 2.81. The summed E-state index contributed by atoms with van der Waals surface area (Å²) in [6.45, 7) is 6.49. The Hall–Kier alpha value is -0.610. The number of hydrogen-bond acceptors (Lipinski definition) is 4. The minimum Gasteiger partial charge on any atom is -0.377 e. The van der Waals surface area contributed by atoms with Gasteiger partial charge < -0.3 is 4.84 Å². The standard InChI is InChI=1S/C12H20N2OS/c1-12(2,3)10-8-16-11(13-10)15-14-9-6-4-5-7-9/h8-9,14H,4-7H2,1-3H3. The Morgan fingerprint density at radius 2 is 2.06 bits per heavy atom. The number of hydroxylamine groups is 1.